The molecular formula is C74H146N2O6P+. The second-order valence-corrected chi connectivity index (χ2v) is 28.1. The number of carbonyl (C=O) groups excluding carboxylic acids is 1. The van der Waals surface area contributed by atoms with Crippen molar-refractivity contribution in [2.75, 3.05) is 40.9 Å². The summed E-state index contributed by atoms with van der Waals surface area (Å²) in [7, 11) is 1.63. The van der Waals surface area contributed by atoms with E-state index in [1.54, 1.807) is 0 Å². The van der Waals surface area contributed by atoms with E-state index in [1.807, 2.05) is 21.1 Å². The normalized spacial score (nSPS) is 13.8. The van der Waals surface area contributed by atoms with Crippen molar-refractivity contribution in [1.29, 1.82) is 0 Å². The third-order valence-corrected chi connectivity index (χ3v) is 18.1. The maximum absolute atomic E-state index is 13.1. The molecule has 0 rings (SSSR count). The van der Waals surface area contributed by atoms with Crippen LogP contribution in [0, 0.1) is 0 Å². The summed E-state index contributed by atoms with van der Waals surface area (Å²) >= 11 is 0. The lowest BCUT2D eigenvalue weighted by Crippen LogP contribution is -2.46. The number of hydrogen-bond acceptors (Lipinski definition) is 5. The standard InChI is InChI=1S/C74H145N2O6P/c1-6-8-10-12-14-16-18-20-22-24-26-28-30-32-34-36-37-38-39-40-42-44-46-48-50-52-54-56-58-60-62-64-66-68-74(78)75-72(71-82-83(79,80)81-70-69-76(3,4)5)73(77)67-65-63-61-59-57-55-53-51-49-47-45-43-41-35-33-31-29-27-25-23-21-19-17-15-13-11-9-7-2/h18,20,24,26,30,32,72-73,77H,6-17,19,21-23,25,27-29,31,33-71H2,1-5H3,(H-,75,78,79,80)/p+1/b20-18-,26-24-,32-30-. The van der Waals surface area contributed by atoms with E-state index in [9.17, 15) is 19.4 Å². The van der Waals surface area contributed by atoms with E-state index in [2.05, 4.69) is 55.6 Å². The Labute approximate surface area is 518 Å². The molecule has 3 N–H and O–H groups in total. The summed E-state index contributed by atoms with van der Waals surface area (Å²) < 4.78 is 23.9. The summed E-state index contributed by atoms with van der Waals surface area (Å²) in [6, 6.07) is -0.761. The summed E-state index contributed by atoms with van der Waals surface area (Å²) in [6.07, 6.45) is 86.9. The average molecular weight is 1190 g/mol. The number of rotatable bonds is 69. The molecule has 83 heavy (non-hydrogen) atoms. The number of likely N-dealkylation sites (N-methyl/N-ethyl adjacent to an activating group) is 1. The number of quaternary nitrogens is 1. The van der Waals surface area contributed by atoms with Crippen LogP contribution >= 0.6 is 7.82 Å². The number of nitrogens with zero attached hydrogens (tertiary/aromatic N) is 1. The SMILES string of the molecule is CCCCCCC/C=C\C/C=C\C/C=C\CCCCCCCCCCCCCCCCCCCCC(=O)NC(COP(=O)(O)OCC[N+](C)(C)C)C(O)CCCCCCCCCCCCCCCCCCCCCCCCCCCCCC. The van der Waals surface area contributed by atoms with Gasteiger partial charge >= 0.3 is 7.82 Å². The van der Waals surface area contributed by atoms with Crippen LogP contribution in [0.5, 0.6) is 0 Å². The van der Waals surface area contributed by atoms with Crippen LogP contribution in [-0.4, -0.2) is 73.4 Å². The zero-order chi connectivity index (χ0) is 60.5. The van der Waals surface area contributed by atoms with Crippen molar-refractivity contribution in [3.05, 3.63) is 36.5 Å². The molecule has 0 bridgehead atoms. The van der Waals surface area contributed by atoms with Crippen molar-refractivity contribution >= 4 is 13.7 Å². The Balaban J connectivity index is 3.98. The van der Waals surface area contributed by atoms with Gasteiger partial charge in [0.25, 0.3) is 0 Å². The molecular weight excluding hydrogens is 1040 g/mol. The average Bonchev–Trinajstić information content (AvgIpc) is 3.49. The van der Waals surface area contributed by atoms with E-state index in [1.165, 1.54) is 302 Å². The van der Waals surface area contributed by atoms with Gasteiger partial charge in [-0.1, -0.05) is 359 Å². The molecule has 8 nitrogen and oxygen atoms in total. The van der Waals surface area contributed by atoms with Crippen LogP contribution in [0.1, 0.15) is 380 Å². The molecule has 492 valence electrons. The second-order valence-electron chi connectivity index (χ2n) is 26.7. The van der Waals surface area contributed by atoms with Crippen LogP contribution in [0.3, 0.4) is 0 Å². The predicted molar refractivity (Wildman–Crippen MR) is 365 cm³/mol. The molecule has 0 heterocycles. The Bertz CT molecular complexity index is 1450. The van der Waals surface area contributed by atoms with Gasteiger partial charge in [0.05, 0.1) is 39.9 Å². The fourth-order valence-corrected chi connectivity index (χ4v) is 12.1. The number of phosphoric ester groups is 1. The van der Waals surface area contributed by atoms with Gasteiger partial charge in [0.15, 0.2) is 0 Å². The van der Waals surface area contributed by atoms with Gasteiger partial charge in [0.1, 0.15) is 13.2 Å². The highest BCUT2D eigenvalue weighted by Gasteiger charge is 2.28. The molecule has 0 radical (unpaired) electrons. The first-order chi connectivity index (χ1) is 40.5. The topological polar surface area (TPSA) is 105 Å². The molecule has 0 aromatic rings. The van der Waals surface area contributed by atoms with Crippen LogP contribution in [0.15, 0.2) is 36.5 Å². The predicted octanol–water partition coefficient (Wildman–Crippen LogP) is 23.6. The quantitative estimate of drug-likeness (QED) is 0.0243. The van der Waals surface area contributed by atoms with E-state index in [-0.39, 0.29) is 19.1 Å². The minimum Gasteiger partial charge on any atom is -0.391 e. The lowest BCUT2D eigenvalue weighted by Gasteiger charge is -2.26. The number of aliphatic hydroxyl groups is 1. The molecule has 0 aliphatic heterocycles. The van der Waals surface area contributed by atoms with Crippen LogP contribution in [-0.2, 0) is 18.4 Å². The molecule has 0 aromatic carbocycles. The van der Waals surface area contributed by atoms with E-state index in [0.717, 1.165) is 51.4 Å². The molecule has 0 aromatic heterocycles. The van der Waals surface area contributed by atoms with Gasteiger partial charge in [0, 0.05) is 6.42 Å². The Kier molecular flexibility index (Phi) is 64.2. The van der Waals surface area contributed by atoms with Gasteiger partial charge in [-0.3, -0.25) is 13.8 Å². The Morgan fingerprint density at radius 1 is 0.410 bits per heavy atom. The zero-order valence-electron chi connectivity index (χ0n) is 56.5. The molecule has 0 spiro atoms. The van der Waals surface area contributed by atoms with Crippen molar-refractivity contribution in [2.45, 2.75) is 392 Å². The number of amides is 1. The molecule has 0 saturated carbocycles. The number of aliphatic hydroxyl groups excluding tert-OH is 1. The molecule has 0 aliphatic carbocycles. The molecule has 1 amide bonds. The molecule has 0 aliphatic rings. The van der Waals surface area contributed by atoms with Gasteiger partial charge in [-0.2, -0.15) is 0 Å². The largest absolute Gasteiger partial charge is 0.472 e. The Hall–Kier alpha value is -1.28. The van der Waals surface area contributed by atoms with E-state index < -0.39 is 20.0 Å². The molecule has 3 unspecified atom stereocenters. The first-order valence-corrected chi connectivity index (χ1v) is 38.3. The summed E-state index contributed by atoms with van der Waals surface area (Å²) in [4.78, 5) is 23.5. The Morgan fingerprint density at radius 2 is 0.687 bits per heavy atom. The summed E-state index contributed by atoms with van der Waals surface area (Å²) in [6.45, 7) is 4.94. The van der Waals surface area contributed by atoms with E-state index >= 15 is 0 Å². The first-order valence-electron chi connectivity index (χ1n) is 36.9. The molecule has 0 fully saturated rings. The van der Waals surface area contributed by atoms with Crippen molar-refractivity contribution in [3.8, 4) is 0 Å². The van der Waals surface area contributed by atoms with Crippen LogP contribution in [0.4, 0.5) is 0 Å². The van der Waals surface area contributed by atoms with E-state index in [4.69, 9.17) is 9.05 Å². The smallest absolute Gasteiger partial charge is 0.391 e. The summed E-state index contributed by atoms with van der Waals surface area (Å²) in [5.41, 5.74) is 0. The van der Waals surface area contributed by atoms with Crippen LogP contribution in [0.25, 0.3) is 0 Å². The third-order valence-electron chi connectivity index (χ3n) is 17.1. The third kappa shape index (κ3) is 68.1. The summed E-state index contributed by atoms with van der Waals surface area (Å²) in [5, 5.41) is 14.2. The van der Waals surface area contributed by atoms with Crippen LogP contribution < -0.4 is 5.32 Å². The number of phosphoric acid groups is 1. The number of unbranched alkanes of at least 4 members (excludes halogenated alkanes) is 50. The van der Waals surface area contributed by atoms with Gasteiger partial charge in [-0.15, -0.1) is 0 Å². The molecule has 9 heteroatoms. The highest BCUT2D eigenvalue weighted by atomic mass is 31.2. The highest BCUT2D eigenvalue weighted by Crippen LogP contribution is 2.43. The molecule has 0 saturated heterocycles. The minimum atomic E-state index is -4.33. The van der Waals surface area contributed by atoms with Gasteiger partial charge in [-0.05, 0) is 51.4 Å². The van der Waals surface area contributed by atoms with Crippen molar-refractivity contribution in [3.63, 3.8) is 0 Å². The number of allylic oxidation sites excluding steroid dienone is 6. The van der Waals surface area contributed by atoms with Gasteiger partial charge in [0.2, 0.25) is 5.91 Å². The number of carbonyl (C=O) groups is 1. The monoisotopic (exact) mass is 1190 g/mol. The maximum Gasteiger partial charge on any atom is 0.472 e. The van der Waals surface area contributed by atoms with Crippen molar-refractivity contribution in [2.24, 2.45) is 0 Å². The van der Waals surface area contributed by atoms with Crippen molar-refractivity contribution in [1.82, 2.24) is 5.32 Å². The fourth-order valence-electron chi connectivity index (χ4n) is 11.4. The lowest BCUT2D eigenvalue weighted by atomic mass is 10.0. The lowest BCUT2D eigenvalue weighted by molar-refractivity contribution is -0.870. The summed E-state index contributed by atoms with van der Waals surface area (Å²) in [5.74, 6) is -0.137. The zero-order valence-corrected chi connectivity index (χ0v) is 57.4. The molecule has 3 atom stereocenters. The Morgan fingerprint density at radius 3 is 1.00 bits per heavy atom. The number of nitrogens with one attached hydrogen (secondary N) is 1. The van der Waals surface area contributed by atoms with Gasteiger partial charge in [-0.25, -0.2) is 4.57 Å². The first kappa shape index (κ1) is 81.7. The van der Waals surface area contributed by atoms with E-state index in [0.29, 0.717) is 23.9 Å². The highest BCUT2D eigenvalue weighted by molar-refractivity contribution is 7.47. The maximum atomic E-state index is 13.1. The van der Waals surface area contributed by atoms with Crippen molar-refractivity contribution < 1.29 is 32.9 Å². The van der Waals surface area contributed by atoms with Gasteiger partial charge < -0.3 is 19.8 Å². The number of hydrogen-bond donors (Lipinski definition) is 3. The minimum absolute atomic E-state index is 0.0767. The second kappa shape index (κ2) is 65.2. The fraction of sp³-hybridized carbons (Fsp3) is 0.905. The van der Waals surface area contributed by atoms with Crippen LogP contribution in [0.2, 0.25) is 0 Å².